The number of amides is 1. The van der Waals surface area contributed by atoms with E-state index < -0.39 is 0 Å². The van der Waals surface area contributed by atoms with Crippen molar-refractivity contribution in [2.24, 2.45) is 0 Å². The molecule has 2 rings (SSSR count). The second kappa shape index (κ2) is 5.71. The van der Waals surface area contributed by atoms with Gasteiger partial charge in [0.1, 0.15) is 5.75 Å². The van der Waals surface area contributed by atoms with Gasteiger partial charge < -0.3 is 10.1 Å². The minimum atomic E-state index is -0.0308. The molecule has 1 aromatic carbocycles. The Hall–Kier alpha value is -1.77. The Balaban J connectivity index is 2.18. The summed E-state index contributed by atoms with van der Waals surface area (Å²) < 4.78 is 5.67. The molecule has 0 saturated heterocycles. The fourth-order valence-corrected chi connectivity index (χ4v) is 2.15. The predicted octanol–water partition coefficient (Wildman–Crippen LogP) is 2.98. The predicted molar refractivity (Wildman–Crippen MR) is 71.5 cm³/mol. The lowest BCUT2D eigenvalue weighted by atomic mass is 10.0. The maximum Gasteiger partial charge on any atom is 0.244 e. The van der Waals surface area contributed by atoms with Crippen molar-refractivity contribution in [3.8, 4) is 5.75 Å². The molecule has 3 heteroatoms. The third kappa shape index (κ3) is 3.13. The zero-order valence-electron chi connectivity index (χ0n) is 10.9. The van der Waals surface area contributed by atoms with Crippen molar-refractivity contribution in [3.63, 3.8) is 0 Å². The Kier molecular flexibility index (Phi) is 4.03. The molecule has 0 radical (unpaired) electrons. The Morgan fingerprint density at radius 1 is 1.39 bits per heavy atom. The second-order valence-corrected chi connectivity index (χ2v) is 4.81. The number of ether oxygens (including phenoxy) is 1. The van der Waals surface area contributed by atoms with Crippen LogP contribution in [0.5, 0.6) is 5.75 Å². The molecular formula is C15H19NO2. The van der Waals surface area contributed by atoms with Crippen LogP contribution in [0.4, 0.5) is 0 Å². The van der Waals surface area contributed by atoms with Gasteiger partial charge >= 0.3 is 0 Å². The van der Waals surface area contributed by atoms with Gasteiger partial charge in [-0.05, 0) is 32.8 Å². The summed E-state index contributed by atoms with van der Waals surface area (Å²) in [6.45, 7) is 4.56. The first-order chi connectivity index (χ1) is 8.66. The number of rotatable bonds is 2. The molecule has 0 aliphatic carbocycles. The van der Waals surface area contributed by atoms with Crippen molar-refractivity contribution in [2.45, 2.75) is 32.7 Å². The van der Waals surface area contributed by atoms with Crippen molar-refractivity contribution >= 4 is 5.91 Å². The normalized spacial score (nSPS) is 18.0. The quantitative estimate of drug-likeness (QED) is 0.813. The number of hydrogen-bond donors (Lipinski definition) is 1. The van der Waals surface area contributed by atoms with Crippen LogP contribution in [-0.4, -0.2) is 12.5 Å². The average molecular weight is 245 g/mol. The van der Waals surface area contributed by atoms with Gasteiger partial charge in [-0.25, -0.2) is 0 Å². The number of para-hydroxylation sites is 1. The van der Waals surface area contributed by atoms with E-state index in [9.17, 15) is 4.79 Å². The summed E-state index contributed by atoms with van der Waals surface area (Å²) in [7, 11) is 0. The van der Waals surface area contributed by atoms with Gasteiger partial charge in [-0.15, -0.1) is 0 Å². The van der Waals surface area contributed by atoms with Gasteiger partial charge in [-0.2, -0.15) is 0 Å². The molecule has 1 atom stereocenters. The molecular weight excluding hydrogens is 226 g/mol. The highest BCUT2D eigenvalue weighted by atomic mass is 16.5. The van der Waals surface area contributed by atoms with Crippen LogP contribution in [0.15, 0.2) is 35.9 Å². The van der Waals surface area contributed by atoms with E-state index in [-0.39, 0.29) is 11.9 Å². The lowest BCUT2D eigenvalue weighted by molar-refractivity contribution is -0.117. The molecule has 96 valence electrons. The lowest BCUT2D eigenvalue weighted by Crippen LogP contribution is -2.26. The number of nitrogens with one attached hydrogen (secondary N) is 1. The summed E-state index contributed by atoms with van der Waals surface area (Å²) in [5.41, 5.74) is 2.08. The zero-order chi connectivity index (χ0) is 13.0. The molecule has 1 aliphatic rings. The largest absolute Gasteiger partial charge is 0.493 e. The third-order valence-corrected chi connectivity index (χ3v) is 2.93. The van der Waals surface area contributed by atoms with E-state index in [1.807, 2.05) is 38.1 Å². The van der Waals surface area contributed by atoms with E-state index in [1.54, 1.807) is 6.08 Å². The first-order valence-corrected chi connectivity index (χ1v) is 6.34. The Morgan fingerprint density at radius 2 is 2.17 bits per heavy atom. The van der Waals surface area contributed by atoms with Gasteiger partial charge in [0.05, 0.1) is 12.6 Å². The molecule has 0 unspecified atom stereocenters. The van der Waals surface area contributed by atoms with Gasteiger partial charge in [0.25, 0.3) is 0 Å². The maximum absolute atomic E-state index is 11.8. The Morgan fingerprint density at radius 3 is 2.94 bits per heavy atom. The van der Waals surface area contributed by atoms with Crippen molar-refractivity contribution in [1.29, 1.82) is 0 Å². The summed E-state index contributed by atoms with van der Waals surface area (Å²) >= 11 is 0. The molecule has 18 heavy (non-hydrogen) atoms. The molecule has 1 aliphatic heterocycles. The van der Waals surface area contributed by atoms with Crippen LogP contribution in [0.3, 0.4) is 0 Å². The third-order valence-electron chi connectivity index (χ3n) is 2.93. The molecule has 1 N–H and O–H groups in total. The fraction of sp³-hybridized carbons (Fsp3) is 0.400. The molecule has 1 aromatic rings. The van der Waals surface area contributed by atoms with E-state index in [0.717, 1.165) is 29.7 Å². The number of carbonyl (C=O) groups excluding carboxylic acids is 1. The van der Waals surface area contributed by atoms with E-state index >= 15 is 0 Å². The number of hydrogen-bond acceptors (Lipinski definition) is 2. The van der Waals surface area contributed by atoms with Crippen LogP contribution in [0.2, 0.25) is 0 Å². The highest BCUT2D eigenvalue weighted by molar-refractivity contribution is 5.88. The molecule has 3 nitrogen and oxygen atoms in total. The fourth-order valence-electron chi connectivity index (χ4n) is 2.15. The summed E-state index contributed by atoms with van der Waals surface area (Å²) in [5, 5.41) is 3.05. The van der Waals surface area contributed by atoms with Gasteiger partial charge in [-0.3, -0.25) is 4.79 Å². The first kappa shape index (κ1) is 12.7. The maximum atomic E-state index is 11.8. The zero-order valence-corrected chi connectivity index (χ0v) is 10.9. The highest BCUT2D eigenvalue weighted by Crippen LogP contribution is 2.30. The van der Waals surface area contributed by atoms with Crippen LogP contribution in [0.25, 0.3) is 0 Å². The van der Waals surface area contributed by atoms with E-state index in [4.69, 9.17) is 4.74 Å². The Labute approximate surface area is 108 Å². The summed E-state index contributed by atoms with van der Waals surface area (Å²) in [6, 6.07) is 7.97. The van der Waals surface area contributed by atoms with Crippen molar-refractivity contribution in [2.75, 3.05) is 6.61 Å². The molecule has 1 amide bonds. The molecule has 1 heterocycles. The van der Waals surface area contributed by atoms with E-state index in [0.29, 0.717) is 6.61 Å². The van der Waals surface area contributed by atoms with Gasteiger partial charge in [0, 0.05) is 11.6 Å². The monoisotopic (exact) mass is 245 g/mol. The van der Waals surface area contributed by atoms with Crippen LogP contribution in [0.1, 0.15) is 38.3 Å². The minimum absolute atomic E-state index is 0.0308. The highest BCUT2D eigenvalue weighted by Gasteiger charge is 2.20. The topological polar surface area (TPSA) is 38.3 Å². The standard InChI is InChI=1S/C15H19NO2/c1-11(2)10-15(17)16-13-7-5-9-18-14-8-4-3-6-12(13)14/h3-4,6,8,10,13H,5,7,9H2,1-2H3,(H,16,17)/t13-/m0/s1. The van der Waals surface area contributed by atoms with E-state index in [1.165, 1.54) is 0 Å². The molecule has 0 spiro atoms. The first-order valence-electron chi connectivity index (χ1n) is 6.34. The summed E-state index contributed by atoms with van der Waals surface area (Å²) in [6.07, 6.45) is 3.50. The second-order valence-electron chi connectivity index (χ2n) is 4.81. The van der Waals surface area contributed by atoms with Crippen molar-refractivity contribution in [3.05, 3.63) is 41.5 Å². The molecule has 0 bridgehead atoms. The van der Waals surface area contributed by atoms with Crippen molar-refractivity contribution < 1.29 is 9.53 Å². The number of allylic oxidation sites excluding steroid dienone is 1. The molecule has 0 aromatic heterocycles. The SMILES string of the molecule is CC(C)=CC(=O)N[C@H]1CCCOc2ccccc21. The number of fused-ring (bicyclic) bond motifs is 1. The lowest BCUT2D eigenvalue weighted by Gasteiger charge is -2.17. The average Bonchev–Trinajstić information content (AvgIpc) is 2.51. The van der Waals surface area contributed by atoms with Gasteiger partial charge in [0.2, 0.25) is 5.91 Å². The van der Waals surface area contributed by atoms with Gasteiger partial charge in [-0.1, -0.05) is 23.8 Å². The van der Waals surface area contributed by atoms with Crippen molar-refractivity contribution in [1.82, 2.24) is 5.32 Å². The Bertz CT molecular complexity index is 461. The van der Waals surface area contributed by atoms with E-state index in [2.05, 4.69) is 5.32 Å². The summed E-state index contributed by atoms with van der Waals surface area (Å²) in [5.74, 6) is 0.856. The van der Waals surface area contributed by atoms with Crippen LogP contribution in [-0.2, 0) is 4.79 Å². The minimum Gasteiger partial charge on any atom is -0.493 e. The smallest absolute Gasteiger partial charge is 0.244 e. The van der Waals surface area contributed by atoms with Crippen LogP contribution >= 0.6 is 0 Å². The summed E-state index contributed by atoms with van der Waals surface area (Å²) in [4.78, 5) is 11.8. The van der Waals surface area contributed by atoms with Crippen LogP contribution < -0.4 is 10.1 Å². The molecule has 0 saturated carbocycles. The van der Waals surface area contributed by atoms with Crippen LogP contribution in [0, 0.1) is 0 Å². The van der Waals surface area contributed by atoms with Gasteiger partial charge in [0.15, 0.2) is 0 Å². The number of carbonyl (C=O) groups is 1. The number of benzene rings is 1. The molecule has 0 fully saturated rings.